The summed E-state index contributed by atoms with van der Waals surface area (Å²) in [5.41, 5.74) is 3.56. The van der Waals surface area contributed by atoms with Gasteiger partial charge in [0.05, 0.1) is 12.2 Å². The fraction of sp³-hybridized carbons (Fsp3) is 0.522. The van der Waals surface area contributed by atoms with Gasteiger partial charge in [-0.2, -0.15) is 0 Å². The minimum Gasteiger partial charge on any atom is -0.372 e. The highest BCUT2D eigenvalue weighted by Crippen LogP contribution is 2.20. The van der Waals surface area contributed by atoms with Crippen molar-refractivity contribution in [3.8, 4) is 0 Å². The van der Waals surface area contributed by atoms with Crippen LogP contribution >= 0.6 is 0 Å². The number of hydrogen-bond acceptors (Lipinski definition) is 5. The van der Waals surface area contributed by atoms with Crippen LogP contribution in [0, 0.1) is 13.8 Å². The lowest BCUT2D eigenvalue weighted by Gasteiger charge is -2.22. The van der Waals surface area contributed by atoms with Crippen molar-refractivity contribution < 1.29 is 14.1 Å². The summed E-state index contributed by atoms with van der Waals surface area (Å²) in [6.45, 7) is 11.0. The minimum atomic E-state index is -0.0854. The predicted octanol–water partition coefficient (Wildman–Crippen LogP) is 3.45. The number of hydrogen-bond donors (Lipinski definition) is 1. The first kappa shape index (κ1) is 21.9. The van der Waals surface area contributed by atoms with Crippen LogP contribution in [0.2, 0.25) is 0 Å². The first-order valence-electron chi connectivity index (χ1n) is 10.8. The van der Waals surface area contributed by atoms with Gasteiger partial charge in [-0.05, 0) is 64.8 Å². The Bertz CT molecular complexity index is 852. The van der Waals surface area contributed by atoms with Crippen molar-refractivity contribution in [2.45, 2.75) is 59.5 Å². The molecule has 7 heteroatoms. The molecule has 1 aromatic heterocycles. The molecule has 1 saturated heterocycles. The second kappa shape index (κ2) is 9.78. The standard InChI is InChI=1S/C23H32N4O3/c1-5-26(6-2)20-10-7-18(8-11-20)23(29)24-19-9-12-22(28)27(14-13-19)15-21-16(3)25-30-17(21)4/h7-8,10-11,19H,5-6,9,12-15H2,1-4H3,(H,24,29). The molecule has 1 fully saturated rings. The summed E-state index contributed by atoms with van der Waals surface area (Å²) >= 11 is 0. The van der Waals surface area contributed by atoms with Crippen molar-refractivity contribution in [1.29, 1.82) is 0 Å². The third-order valence-electron chi connectivity index (χ3n) is 5.93. The van der Waals surface area contributed by atoms with E-state index in [2.05, 4.69) is 29.2 Å². The molecule has 162 valence electrons. The van der Waals surface area contributed by atoms with Crippen molar-refractivity contribution >= 4 is 17.5 Å². The molecule has 30 heavy (non-hydrogen) atoms. The molecule has 0 aliphatic carbocycles. The number of nitrogens with one attached hydrogen (secondary N) is 1. The summed E-state index contributed by atoms with van der Waals surface area (Å²) in [5, 5.41) is 7.09. The van der Waals surface area contributed by atoms with Crippen molar-refractivity contribution in [3.63, 3.8) is 0 Å². The highest BCUT2D eigenvalue weighted by molar-refractivity contribution is 5.94. The minimum absolute atomic E-state index is 0.0152. The number of aryl methyl sites for hydroxylation is 2. The van der Waals surface area contributed by atoms with E-state index in [0.717, 1.165) is 42.2 Å². The molecule has 1 unspecified atom stereocenters. The molecule has 0 radical (unpaired) electrons. The SMILES string of the molecule is CCN(CC)c1ccc(C(=O)NC2CCC(=O)N(Cc3c(C)noc3C)CC2)cc1. The van der Waals surface area contributed by atoms with Crippen LogP contribution in [-0.2, 0) is 11.3 Å². The van der Waals surface area contributed by atoms with E-state index in [1.807, 2.05) is 43.0 Å². The van der Waals surface area contributed by atoms with Gasteiger partial charge in [0.25, 0.3) is 5.91 Å². The molecule has 1 aliphatic rings. The van der Waals surface area contributed by atoms with E-state index in [1.165, 1.54) is 0 Å². The number of benzene rings is 1. The lowest BCUT2D eigenvalue weighted by molar-refractivity contribution is -0.131. The van der Waals surface area contributed by atoms with Crippen molar-refractivity contribution in [2.75, 3.05) is 24.5 Å². The van der Waals surface area contributed by atoms with Gasteiger partial charge >= 0.3 is 0 Å². The Morgan fingerprint density at radius 1 is 1.20 bits per heavy atom. The molecular weight excluding hydrogens is 380 g/mol. The Morgan fingerprint density at radius 3 is 2.50 bits per heavy atom. The third-order valence-corrected chi connectivity index (χ3v) is 5.93. The summed E-state index contributed by atoms with van der Waals surface area (Å²) in [6.07, 6.45) is 1.81. The van der Waals surface area contributed by atoms with Crippen LogP contribution in [0.4, 0.5) is 5.69 Å². The summed E-state index contributed by atoms with van der Waals surface area (Å²) in [7, 11) is 0. The van der Waals surface area contributed by atoms with Crippen LogP contribution in [0.3, 0.4) is 0 Å². The van der Waals surface area contributed by atoms with E-state index in [0.29, 0.717) is 31.5 Å². The van der Waals surface area contributed by atoms with Gasteiger partial charge in [0.15, 0.2) is 0 Å². The predicted molar refractivity (Wildman–Crippen MR) is 117 cm³/mol. The molecule has 0 saturated carbocycles. The van der Waals surface area contributed by atoms with E-state index in [9.17, 15) is 9.59 Å². The fourth-order valence-electron chi connectivity index (χ4n) is 3.95. The number of carbonyl (C=O) groups is 2. The van der Waals surface area contributed by atoms with E-state index in [-0.39, 0.29) is 17.9 Å². The molecule has 3 rings (SSSR count). The van der Waals surface area contributed by atoms with Crippen LogP contribution in [0.1, 0.15) is 60.5 Å². The second-order valence-electron chi connectivity index (χ2n) is 7.83. The number of carbonyl (C=O) groups excluding carboxylic acids is 2. The topological polar surface area (TPSA) is 78.7 Å². The largest absolute Gasteiger partial charge is 0.372 e. The maximum absolute atomic E-state index is 12.7. The molecule has 2 aromatic rings. The smallest absolute Gasteiger partial charge is 0.251 e. The van der Waals surface area contributed by atoms with Gasteiger partial charge in [-0.25, -0.2) is 0 Å². The maximum atomic E-state index is 12.7. The lowest BCUT2D eigenvalue weighted by Crippen LogP contribution is -2.36. The van der Waals surface area contributed by atoms with Crippen molar-refractivity contribution in [1.82, 2.24) is 15.4 Å². The molecule has 1 aromatic carbocycles. The van der Waals surface area contributed by atoms with Gasteiger partial charge in [-0.1, -0.05) is 5.16 Å². The zero-order valence-electron chi connectivity index (χ0n) is 18.4. The number of amides is 2. The van der Waals surface area contributed by atoms with Crippen LogP contribution < -0.4 is 10.2 Å². The molecule has 7 nitrogen and oxygen atoms in total. The molecule has 1 atom stereocenters. The summed E-state index contributed by atoms with van der Waals surface area (Å²) in [6, 6.07) is 7.70. The average Bonchev–Trinajstić information content (AvgIpc) is 2.96. The lowest BCUT2D eigenvalue weighted by atomic mass is 10.1. The Hall–Kier alpha value is -2.83. The zero-order chi connectivity index (χ0) is 21.7. The van der Waals surface area contributed by atoms with Crippen LogP contribution in [0.25, 0.3) is 0 Å². The Kier molecular flexibility index (Phi) is 7.13. The van der Waals surface area contributed by atoms with E-state index < -0.39 is 0 Å². The van der Waals surface area contributed by atoms with E-state index in [1.54, 1.807) is 0 Å². The molecule has 1 N–H and O–H groups in total. The van der Waals surface area contributed by atoms with Crippen LogP contribution in [-0.4, -0.2) is 47.5 Å². The van der Waals surface area contributed by atoms with E-state index >= 15 is 0 Å². The normalized spacial score (nSPS) is 17.0. The van der Waals surface area contributed by atoms with Gasteiger partial charge in [0.1, 0.15) is 5.76 Å². The molecule has 2 amide bonds. The number of nitrogens with zero attached hydrogens (tertiary/aromatic N) is 3. The molecule has 2 heterocycles. The molecular formula is C23H32N4O3. The second-order valence-corrected chi connectivity index (χ2v) is 7.83. The maximum Gasteiger partial charge on any atom is 0.251 e. The Balaban J connectivity index is 1.58. The van der Waals surface area contributed by atoms with Crippen LogP contribution in [0.5, 0.6) is 0 Å². The van der Waals surface area contributed by atoms with Gasteiger partial charge in [-0.3, -0.25) is 9.59 Å². The van der Waals surface area contributed by atoms with Gasteiger partial charge in [0.2, 0.25) is 5.91 Å². The Labute approximate surface area is 178 Å². The number of anilines is 1. The van der Waals surface area contributed by atoms with Crippen LogP contribution in [0.15, 0.2) is 28.8 Å². The zero-order valence-corrected chi connectivity index (χ0v) is 18.4. The highest BCUT2D eigenvalue weighted by atomic mass is 16.5. The number of likely N-dealkylation sites (tertiary alicyclic amines) is 1. The number of rotatable bonds is 7. The quantitative estimate of drug-likeness (QED) is 0.754. The van der Waals surface area contributed by atoms with Crippen molar-refractivity contribution in [2.24, 2.45) is 0 Å². The first-order chi connectivity index (χ1) is 14.4. The average molecular weight is 413 g/mol. The third kappa shape index (κ3) is 5.01. The summed E-state index contributed by atoms with van der Waals surface area (Å²) in [4.78, 5) is 29.4. The van der Waals surface area contributed by atoms with E-state index in [4.69, 9.17) is 4.52 Å². The number of aromatic nitrogens is 1. The Morgan fingerprint density at radius 2 is 1.90 bits per heavy atom. The summed E-state index contributed by atoms with van der Waals surface area (Å²) < 4.78 is 5.22. The molecule has 0 spiro atoms. The highest BCUT2D eigenvalue weighted by Gasteiger charge is 2.25. The first-order valence-corrected chi connectivity index (χ1v) is 10.8. The molecule has 1 aliphatic heterocycles. The van der Waals surface area contributed by atoms with Gasteiger partial charge in [0, 0.05) is 48.9 Å². The molecule has 0 bridgehead atoms. The monoisotopic (exact) mass is 412 g/mol. The summed E-state index contributed by atoms with van der Waals surface area (Å²) in [5.74, 6) is 0.774. The van der Waals surface area contributed by atoms with Gasteiger partial charge in [-0.15, -0.1) is 0 Å². The van der Waals surface area contributed by atoms with Crippen molar-refractivity contribution in [3.05, 3.63) is 46.8 Å². The van der Waals surface area contributed by atoms with Gasteiger partial charge < -0.3 is 19.6 Å². The fourth-order valence-corrected chi connectivity index (χ4v) is 3.95.